The molecule has 0 amide bonds. The standard InChI is InChI=1S/C20H20O2S/c1-19(2)12-16(21)15-11-20(22-17(15)13-19,18-9-6-10-23-18)14-7-4-3-5-8-14/h3-10H,11-13H2,1-2H3. The maximum atomic E-state index is 12.6. The summed E-state index contributed by atoms with van der Waals surface area (Å²) >= 11 is 1.70. The molecule has 2 nitrogen and oxygen atoms in total. The van der Waals surface area contributed by atoms with Crippen LogP contribution in [0.25, 0.3) is 0 Å². The number of thiophene rings is 1. The van der Waals surface area contributed by atoms with Crippen LogP contribution in [0.2, 0.25) is 0 Å². The highest BCUT2D eigenvalue weighted by molar-refractivity contribution is 7.10. The first kappa shape index (κ1) is 14.7. The third kappa shape index (κ3) is 2.34. The predicted octanol–water partition coefficient (Wildman–Crippen LogP) is 5.06. The molecule has 3 heteroatoms. The minimum atomic E-state index is -0.532. The number of Topliss-reactive ketones (excluding diaryl/α,β-unsaturated/α-hetero) is 1. The van der Waals surface area contributed by atoms with Crippen LogP contribution in [0.15, 0.2) is 59.2 Å². The van der Waals surface area contributed by atoms with Crippen LogP contribution in [-0.2, 0) is 15.1 Å². The van der Waals surface area contributed by atoms with Gasteiger partial charge in [0.2, 0.25) is 0 Å². The maximum absolute atomic E-state index is 12.6. The second kappa shape index (κ2) is 5.07. The van der Waals surface area contributed by atoms with Gasteiger partial charge in [-0.15, -0.1) is 11.3 Å². The molecule has 0 fully saturated rings. The number of carbonyl (C=O) groups is 1. The highest BCUT2D eigenvalue weighted by Gasteiger charge is 2.49. The maximum Gasteiger partial charge on any atom is 0.172 e. The molecule has 118 valence electrons. The molecule has 1 aliphatic heterocycles. The molecule has 0 N–H and O–H groups in total. The Morgan fingerprint density at radius 3 is 2.48 bits per heavy atom. The normalized spacial score (nSPS) is 26.1. The third-order valence-electron chi connectivity index (χ3n) is 4.83. The van der Waals surface area contributed by atoms with Crippen LogP contribution < -0.4 is 0 Å². The molecule has 0 bridgehead atoms. The molecule has 1 aliphatic carbocycles. The smallest absolute Gasteiger partial charge is 0.172 e. The average molecular weight is 324 g/mol. The zero-order chi connectivity index (χ0) is 16.1. The third-order valence-corrected chi connectivity index (χ3v) is 5.85. The van der Waals surface area contributed by atoms with Crippen LogP contribution in [-0.4, -0.2) is 5.78 Å². The first-order valence-corrected chi connectivity index (χ1v) is 8.92. The summed E-state index contributed by atoms with van der Waals surface area (Å²) in [7, 11) is 0. The van der Waals surface area contributed by atoms with E-state index in [1.54, 1.807) is 11.3 Å². The van der Waals surface area contributed by atoms with Gasteiger partial charge in [-0.3, -0.25) is 4.79 Å². The molecular formula is C20H20O2S. The topological polar surface area (TPSA) is 26.3 Å². The fourth-order valence-electron chi connectivity index (χ4n) is 3.75. The molecular weight excluding hydrogens is 304 g/mol. The number of rotatable bonds is 2. The second-order valence-corrected chi connectivity index (χ2v) is 8.24. The van der Waals surface area contributed by atoms with E-state index in [4.69, 9.17) is 4.74 Å². The fraction of sp³-hybridized carbons (Fsp3) is 0.350. The Bertz CT molecular complexity index is 771. The van der Waals surface area contributed by atoms with E-state index >= 15 is 0 Å². The number of ether oxygens (including phenoxy) is 1. The summed E-state index contributed by atoms with van der Waals surface area (Å²) in [5.74, 6) is 1.16. The molecule has 0 saturated carbocycles. The van der Waals surface area contributed by atoms with Crippen LogP contribution in [0.3, 0.4) is 0 Å². The van der Waals surface area contributed by atoms with Crippen LogP contribution in [0.1, 0.15) is 43.6 Å². The molecule has 0 saturated heterocycles. The van der Waals surface area contributed by atoms with Gasteiger partial charge < -0.3 is 4.74 Å². The molecule has 2 aromatic rings. The van der Waals surface area contributed by atoms with Crippen molar-refractivity contribution < 1.29 is 9.53 Å². The van der Waals surface area contributed by atoms with Gasteiger partial charge in [0.25, 0.3) is 0 Å². The van der Waals surface area contributed by atoms with Gasteiger partial charge >= 0.3 is 0 Å². The highest BCUT2D eigenvalue weighted by Crippen LogP contribution is 2.53. The Morgan fingerprint density at radius 1 is 1.00 bits per heavy atom. The van der Waals surface area contributed by atoms with Crippen molar-refractivity contribution in [1.29, 1.82) is 0 Å². The quantitative estimate of drug-likeness (QED) is 0.772. The molecule has 1 aromatic carbocycles. The lowest BCUT2D eigenvalue weighted by molar-refractivity contribution is -0.118. The fourth-order valence-corrected chi connectivity index (χ4v) is 4.63. The van der Waals surface area contributed by atoms with Crippen LogP contribution in [0, 0.1) is 5.41 Å². The van der Waals surface area contributed by atoms with Gasteiger partial charge in [0.1, 0.15) is 5.76 Å². The van der Waals surface area contributed by atoms with Crippen molar-refractivity contribution in [3.05, 3.63) is 69.6 Å². The summed E-state index contributed by atoms with van der Waals surface area (Å²) in [6.45, 7) is 4.29. The highest BCUT2D eigenvalue weighted by atomic mass is 32.1. The number of ketones is 1. The van der Waals surface area contributed by atoms with E-state index in [-0.39, 0.29) is 11.2 Å². The minimum absolute atomic E-state index is 0.0157. The Balaban J connectivity index is 1.82. The molecule has 2 aliphatic rings. The summed E-state index contributed by atoms with van der Waals surface area (Å²) in [4.78, 5) is 13.8. The van der Waals surface area contributed by atoms with Gasteiger partial charge in [-0.2, -0.15) is 0 Å². The molecule has 2 heterocycles. The van der Waals surface area contributed by atoms with E-state index in [1.165, 1.54) is 4.88 Å². The summed E-state index contributed by atoms with van der Waals surface area (Å²) in [5.41, 5.74) is 1.48. The van der Waals surface area contributed by atoms with E-state index in [9.17, 15) is 4.79 Å². The molecule has 1 aromatic heterocycles. The lowest BCUT2D eigenvalue weighted by Gasteiger charge is -2.31. The zero-order valence-corrected chi connectivity index (χ0v) is 14.3. The minimum Gasteiger partial charge on any atom is -0.481 e. The van der Waals surface area contributed by atoms with Gasteiger partial charge in [-0.05, 0) is 16.9 Å². The van der Waals surface area contributed by atoms with E-state index in [1.807, 2.05) is 18.2 Å². The van der Waals surface area contributed by atoms with Crippen LogP contribution >= 0.6 is 11.3 Å². The SMILES string of the molecule is CC1(C)CC(=O)C2=C(C1)OC(c1ccccc1)(c1cccs1)C2. The van der Waals surface area contributed by atoms with Crippen molar-refractivity contribution in [2.75, 3.05) is 0 Å². The van der Waals surface area contributed by atoms with Gasteiger partial charge in [0, 0.05) is 30.4 Å². The van der Waals surface area contributed by atoms with Gasteiger partial charge in [0.05, 0.1) is 4.88 Å². The summed E-state index contributed by atoms with van der Waals surface area (Å²) in [6.07, 6.45) is 2.11. The predicted molar refractivity (Wildman–Crippen MR) is 92.3 cm³/mol. The first-order chi connectivity index (χ1) is 11.0. The number of benzene rings is 1. The van der Waals surface area contributed by atoms with Crippen molar-refractivity contribution >= 4 is 17.1 Å². The Labute approximate surface area is 140 Å². The van der Waals surface area contributed by atoms with E-state index in [0.29, 0.717) is 12.8 Å². The zero-order valence-electron chi connectivity index (χ0n) is 13.5. The Hall–Kier alpha value is -1.87. The molecule has 0 radical (unpaired) electrons. The molecule has 1 unspecified atom stereocenters. The molecule has 23 heavy (non-hydrogen) atoms. The number of hydrogen-bond acceptors (Lipinski definition) is 3. The van der Waals surface area contributed by atoms with Crippen molar-refractivity contribution in [3.63, 3.8) is 0 Å². The lowest BCUT2D eigenvalue weighted by Crippen LogP contribution is -2.26. The molecule has 0 spiro atoms. The summed E-state index contributed by atoms with van der Waals surface area (Å²) in [6, 6.07) is 14.5. The van der Waals surface area contributed by atoms with E-state index < -0.39 is 5.60 Å². The van der Waals surface area contributed by atoms with Crippen LogP contribution in [0.4, 0.5) is 0 Å². The van der Waals surface area contributed by atoms with Gasteiger partial charge in [-0.25, -0.2) is 0 Å². The van der Waals surface area contributed by atoms with Crippen molar-refractivity contribution in [1.82, 2.24) is 0 Å². The molecule has 1 atom stereocenters. The van der Waals surface area contributed by atoms with Gasteiger partial charge in [0.15, 0.2) is 11.4 Å². The lowest BCUT2D eigenvalue weighted by atomic mass is 9.75. The second-order valence-electron chi connectivity index (χ2n) is 7.29. The van der Waals surface area contributed by atoms with Crippen molar-refractivity contribution in [2.45, 2.75) is 38.7 Å². The molecule has 4 rings (SSSR count). The Kier molecular flexibility index (Phi) is 3.24. The first-order valence-electron chi connectivity index (χ1n) is 8.04. The largest absolute Gasteiger partial charge is 0.481 e. The number of carbonyl (C=O) groups excluding carboxylic acids is 1. The Morgan fingerprint density at radius 2 is 1.78 bits per heavy atom. The monoisotopic (exact) mass is 324 g/mol. The van der Waals surface area contributed by atoms with Crippen molar-refractivity contribution in [3.8, 4) is 0 Å². The van der Waals surface area contributed by atoms with E-state index in [2.05, 4.69) is 43.5 Å². The average Bonchev–Trinajstić information content (AvgIpc) is 3.15. The summed E-state index contributed by atoms with van der Waals surface area (Å²) < 4.78 is 6.56. The number of allylic oxidation sites excluding steroid dienone is 1. The summed E-state index contributed by atoms with van der Waals surface area (Å²) in [5, 5.41) is 2.08. The number of hydrogen-bond donors (Lipinski definition) is 0. The van der Waals surface area contributed by atoms with E-state index in [0.717, 1.165) is 23.3 Å². The van der Waals surface area contributed by atoms with Gasteiger partial charge in [-0.1, -0.05) is 50.2 Å². The van der Waals surface area contributed by atoms with Crippen LogP contribution in [0.5, 0.6) is 0 Å². The van der Waals surface area contributed by atoms with Crippen molar-refractivity contribution in [2.24, 2.45) is 5.41 Å².